The smallest absolute Gasteiger partial charge is 0.410 e. The molecule has 0 spiro atoms. The van der Waals surface area contributed by atoms with Gasteiger partial charge in [0, 0.05) is 12.4 Å². The lowest BCUT2D eigenvalue weighted by molar-refractivity contribution is 0.215. The maximum Gasteiger partial charge on any atom is 0.417 e. The van der Waals surface area contributed by atoms with Crippen molar-refractivity contribution in [3.63, 3.8) is 0 Å². The van der Waals surface area contributed by atoms with Crippen LogP contribution in [-0.2, 0) is 0 Å². The van der Waals surface area contributed by atoms with Crippen molar-refractivity contribution in [2.45, 2.75) is 6.92 Å². The van der Waals surface area contributed by atoms with Gasteiger partial charge in [-0.1, -0.05) is 18.2 Å². The van der Waals surface area contributed by atoms with Crippen molar-refractivity contribution in [2.24, 2.45) is 0 Å². The Morgan fingerprint density at radius 2 is 1.95 bits per heavy atom. The second kappa shape index (κ2) is 5.05. The third kappa shape index (κ3) is 2.61. The predicted molar refractivity (Wildman–Crippen MR) is 76.0 cm³/mol. The average Bonchev–Trinajstić information content (AvgIpc) is 2.79. The van der Waals surface area contributed by atoms with E-state index in [0.29, 0.717) is 11.4 Å². The lowest BCUT2D eigenvalue weighted by atomic mass is 10.3. The van der Waals surface area contributed by atoms with E-state index in [4.69, 9.17) is 4.74 Å². The molecule has 0 saturated heterocycles. The van der Waals surface area contributed by atoms with Crippen molar-refractivity contribution in [2.75, 3.05) is 5.32 Å². The SMILES string of the molecule is Cc1cn2cc(NC(=O)Oc3ccccc3)ccc2n1. The number of carbonyl (C=O) groups is 1. The Morgan fingerprint density at radius 1 is 1.15 bits per heavy atom. The number of hydrogen-bond donors (Lipinski definition) is 1. The summed E-state index contributed by atoms with van der Waals surface area (Å²) in [6, 6.07) is 12.6. The maximum atomic E-state index is 11.8. The number of nitrogens with zero attached hydrogens (tertiary/aromatic N) is 2. The number of benzene rings is 1. The number of pyridine rings is 1. The lowest BCUT2D eigenvalue weighted by Gasteiger charge is -2.06. The molecule has 5 nitrogen and oxygen atoms in total. The van der Waals surface area contributed by atoms with Gasteiger partial charge in [0.25, 0.3) is 0 Å². The molecule has 1 N–H and O–H groups in total. The van der Waals surface area contributed by atoms with Crippen LogP contribution in [0.3, 0.4) is 0 Å². The standard InChI is InChI=1S/C15H13N3O2/c1-11-9-18-10-12(7-8-14(18)16-11)17-15(19)20-13-5-3-2-4-6-13/h2-10H,1H3,(H,17,19). The second-order valence-corrected chi connectivity index (χ2v) is 4.39. The highest BCUT2D eigenvalue weighted by Crippen LogP contribution is 2.13. The Bertz CT molecular complexity index is 750. The molecule has 0 aliphatic rings. The zero-order chi connectivity index (χ0) is 13.9. The molecule has 2 aromatic heterocycles. The van der Waals surface area contributed by atoms with Gasteiger partial charge in [-0.05, 0) is 31.2 Å². The van der Waals surface area contributed by atoms with E-state index in [9.17, 15) is 4.79 Å². The second-order valence-electron chi connectivity index (χ2n) is 4.39. The molecule has 0 bridgehead atoms. The fraction of sp³-hybridized carbons (Fsp3) is 0.0667. The highest BCUT2D eigenvalue weighted by molar-refractivity contribution is 5.86. The Balaban J connectivity index is 1.74. The Morgan fingerprint density at radius 3 is 2.75 bits per heavy atom. The number of imidazole rings is 1. The maximum absolute atomic E-state index is 11.8. The number of anilines is 1. The van der Waals surface area contributed by atoms with Crippen molar-refractivity contribution in [3.05, 3.63) is 60.6 Å². The zero-order valence-corrected chi connectivity index (χ0v) is 10.9. The molecule has 0 saturated carbocycles. The minimum absolute atomic E-state index is 0.504. The van der Waals surface area contributed by atoms with E-state index in [0.717, 1.165) is 11.3 Å². The van der Waals surface area contributed by atoms with E-state index >= 15 is 0 Å². The zero-order valence-electron chi connectivity index (χ0n) is 10.9. The molecular formula is C15H13N3O2. The van der Waals surface area contributed by atoms with Gasteiger partial charge in [-0.25, -0.2) is 9.78 Å². The molecule has 1 amide bonds. The monoisotopic (exact) mass is 267 g/mol. The predicted octanol–water partition coefficient (Wildman–Crippen LogP) is 3.25. The van der Waals surface area contributed by atoms with Crippen LogP contribution >= 0.6 is 0 Å². The number of rotatable bonds is 2. The first-order valence-electron chi connectivity index (χ1n) is 6.20. The molecule has 0 unspecified atom stereocenters. The van der Waals surface area contributed by atoms with Crippen molar-refractivity contribution in [1.29, 1.82) is 0 Å². The van der Waals surface area contributed by atoms with Crippen LogP contribution in [0.5, 0.6) is 5.75 Å². The van der Waals surface area contributed by atoms with Crippen molar-refractivity contribution in [3.8, 4) is 5.75 Å². The third-order valence-corrected chi connectivity index (χ3v) is 2.77. The largest absolute Gasteiger partial charge is 0.417 e. The molecule has 0 radical (unpaired) electrons. The van der Waals surface area contributed by atoms with Gasteiger partial charge in [0.2, 0.25) is 0 Å². The van der Waals surface area contributed by atoms with Gasteiger partial charge in [-0.3, -0.25) is 5.32 Å². The minimum atomic E-state index is -0.521. The first-order valence-corrected chi connectivity index (χ1v) is 6.20. The number of amides is 1. The van der Waals surface area contributed by atoms with E-state index in [-0.39, 0.29) is 0 Å². The molecule has 20 heavy (non-hydrogen) atoms. The molecule has 3 aromatic rings. The molecule has 2 heterocycles. The van der Waals surface area contributed by atoms with E-state index in [1.807, 2.05) is 41.8 Å². The van der Waals surface area contributed by atoms with Gasteiger partial charge in [-0.15, -0.1) is 0 Å². The highest BCUT2D eigenvalue weighted by Gasteiger charge is 2.06. The van der Waals surface area contributed by atoms with Crippen LogP contribution < -0.4 is 10.1 Å². The summed E-state index contributed by atoms with van der Waals surface area (Å²) in [5.41, 5.74) is 2.41. The summed E-state index contributed by atoms with van der Waals surface area (Å²) in [7, 11) is 0. The van der Waals surface area contributed by atoms with Crippen LogP contribution in [0.15, 0.2) is 54.9 Å². The van der Waals surface area contributed by atoms with E-state index in [2.05, 4.69) is 10.3 Å². The Kier molecular flexibility index (Phi) is 3.09. The van der Waals surface area contributed by atoms with Gasteiger partial charge in [-0.2, -0.15) is 0 Å². The minimum Gasteiger partial charge on any atom is -0.410 e. The van der Waals surface area contributed by atoms with Crippen LogP contribution in [0.4, 0.5) is 10.5 Å². The number of aromatic nitrogens is 2. The summed E-state index contributed by atoms with van der Waals surface area (Å²) in [6.45, 7) is 1.92. The molecule has 0 aliphatic heterocycles. The number of carbonyl (C=O) groups excluding carboxylic acids is 1. The quantitative estimate of drug-likeness (QED) is 0.775. The van der Waals surface area contributed by atoms with Gasteiger partial charge in [0.15, 0.2) is 0 Å². The summed E-state index contributed by atoms with van der Waals surface area (Å²) in [4.78, 5) is 16.1. The number of aryl methyl sites for hydroxylation is 1. The van der Waals surface area contributed by atoms with E-state index in [1.54, 1.807) is 24.4 Å². The van der Waals surface area contributed by atoms with Crippen LogP contribution in [0.1, 0.15) is 5.69 Å². The summed E-state index contributed by atoms with van der Waals surface area (Å²) in [5, 5.41) is 2.68. The normalized spacial score (nSPS) is 10.4. The summed E-state index contributed by atoms with van der Waals surface area (Å²) < 4.78 is 7.02. The molecule has 5 heteroatoms. The molecule has 0 fully saturated rings. The molecule has 3 rings (SSSR count). The van der Waals surface area contributed by atoms with Crippen LogP contribution in [-0.4, -0.2) is 15.5 Å². The Hall–Kier alpha value is -2.82. The lowest BCUT2D eigenvalue weighted by Crippen LogP contribution is -2.16. The van der Waals surface area contributed by atoms with Crippen molar-refractivity contribution >= 4 is 17.4 Å². The fourth-order valence-corrected chi connectivity index (χ4v) is 1.93. The average molecular weight is 267 g/mol. The van der Waals surface area contributed by atoms with E-state index in [1.165, 1.54) is 0 Å². The van der Waals surface area contributed by atoms with Gasteiger partial charge in [0.05, 0.1) is 11.4 Å². The van der Waals surface area contributed by atoms with Crippen LogP contribution in [0.2, 0.25) is 0 Å². The van der Waals surface area contributed by atoms with E-state index < -0.39 is 6.09 Å². The molecule has 100 valence electrons. The number of ether oxygens (including phenoxy) is 1. The third-order valence-electron chi connectivity index (χ3n) is 2.77. The molecule has 0 atom stereocenters. The summed E-state index contributed by atoms with van der Waals surface area (Å²) in [6.07, 6.45) is 3.16. The van der Waals surface area contributed by atoms with Gasteiger partial charge < -0.3 is 9.14 Å². The molecule has 1 aromatic carbocycles. The van der Waals surface area contributed by atoms with Crippen molar-refractivity contribution < 1.29 is 9.53 Å². The van der Waals surface area contributed by atoms with Crippen LogP contribution in [0.25, 0.3) is 5.65 Å². The first kappa shape index (κ1) is 12.2. The number of nitrogens with one attached hydrogen (secondary N) is 1. The topological polar surface area (TPSA) is 55.6 Å². The van der Waals surface area contributed by atoms with Gasteiger partial charge >= 0.3 is 6.09 Å². The van der Waals surface area contributed by atoms with Gasteiger partial charge in [0.1, 0.15) is 11.4 Å². The fourth-order valence-electron chi connectivity index (χ4n) is 1.93. The molecular weight excluding hydrogens is 254 g/mol. The van der Waals surface area contributed by atoms with Crippen LogP contribution in [0, 0.1) is 6.92 Å². The van der Waals surface area contributed by atoms with Crippen molar-refractivity contribution in [1.82, 2.24) is 9.38 Å². The first-order chi connectivity index (χ1) is 9.70. The Labute approximate surface area is 115 Å². The summed E-state index contributed by atoms with van der Waals surface area (Å²) in [5.74, 6) is 0.504. The summed E-state index contributed by atoms with van der Waals surface area (Å²) >= 11 is 0. The molecule has 0 aliphatic carbocycles. The number of para-hydroxylation sites is 1. The highest BCUT2D eigenvalue weighted by atomic mass is 16.6. The number of hydrogen-bond acceptors (Lipinski definition) is 3. The number of fused-ring (bicyclic) bond motifs is 1.